The fourth-order valence-corrected chi connectivity index (χ4v) is 3.27. The second-order valence-electron chi connectivity index (χ2n) is 7.41. The van der Waals surface area contributed by atoms with E-state index in [0.717, 1.165) is 23.3 Å². The van der Waals surface area contributed by atoms with E-state index in [1.807, 2.05) is 19.1 Å². The molecule has 0 aliphatic carbocycles. The Kier molecular flexibility index (Phi) is 6.45. The van der Waals surface area contributed by atoms with Crippen LogP contribution < -0.4 is 14.9 Å². The number of hydrogen-bond acceptors (Lipinski definition) is 6. The van der Waals surface area contributed by atoms with Gasteiger partial charge in [0.1, 0.15) is 17.1 Å². The van der Waals surface area contributed by atoms with Gasteiger partial charge < -0.3 is 18.6 Å². The van der Waals surface area contributed by atoms with E-state index in [-0.39, 0.29) is 23.5 Å². The van der Waals surface area contributed by atoms with Crippen LogP contribution in [0.5, 0.6) is 17.2 Å². The summed E-state index contributed by atoms with van der Waals surface area (Å²) in [6.45, 7) is 2.06. The van der Waals surface area contributed by atoms with Gasteiger partial charge in [0.05, 0.1) is 12.0 Å². The molecule has 1 heterocycles. The molecule has 1 aromatic heterocycles. The molecule has 0 aliphatic rings. The molecule has 4 aromatic rings. The molecule has 0 N–H and O–H groups in total. The van der Waals surface area contributed by atoms with E-state index in [2.05, 4.69) is 0 Å². The van der Waals surface area contributed by atoms with E-state index in [9.17, 15) is 22.8 Å². The van der Waals surface area contributed by atoms with E-state index in [4.69, 9.17) is 18.6 Å². The number of halogens is 3. The lowest BCUT2D eigenvalue weighted by Gasteiger charge is -2.14. The molecule has 0 aliphatic heterocycles. The Morgan fingerprint density at radius 1 is 0.971 bits per heavy atom. The van der Waals surface area contributed by atoms with Crippen LogP contribution in [0.2, 0.25) is 0 Å². The molecule has 3 aromatic carbocycles. The highest BCUT2D eigenvalue weighted by Crippen LogP contribution is 2.39. The number of carbonyl (C=O) groups excluding carboxylic acids is 1. The highest BCUT2D eigenvalue weighted by atomic mass is 19.4. The number of ether oxygens (including phenoxy) is 3. The van der Waals surface area contributed by atoms with E-state index < -0.39 is 34.9 Å². The summed E-state index contributed by atoms with van der Waals surface area (Å²) in [4.78, 5) is 24.7. The summed E-state index contributed by atoms with van der Waals surface area (Å²) in [6, 6.07) is 15.3. The summed E-state index contributed by atoms with van der Waals surface area (Å²) in [5.74, 6) is -2.66. The first kappa shape index (κ1) is 23.2. The van der Waals surface area contributed by atoms with Crippen molar-refractivity contribution in [3.8, 4) is 17.2 Å². The van der Waals surface area contributed by atoms with Crippen molar-refractivity contribution in [2.75, 3.05) is 6.61 Å². The normalized spacial score (nSPS) is 11.5. The molecule has 0 saturated heterocycles. The topological polar surface area (TPSA) is 75.0 Å². The standard InChI is InChI=1S/C25H19F3O6/c1-2-3-12-31-24(30)33-18-10-11-19-20(14-18)34-23(25(26,27)28)22(21(19)29)32-17-9-8-15-6-4-5-7-16(15)13-17/h4-11,13-14H,2-3,12H2,1H3. The third-order valence-electron chi connectivity index (χ3n) is 4.94. The molecular weight excluding hydrogens is 453 g/mol. The minimum Gasteiger partial charge on any atom is -0.449 e. The third kappa shape index (κ3) is 4.98. The van der Waals surface area contributed by atoms with Crippen LogP contribution in [0, 0.1) is 0 Å². The molecule has 6 nitrogen and oxygen atoms in total. The minimum absolute atomic E-state index is 0.0469. The van der Waals surface area contributed by atoms with Gasteiger partial charge in [-0.15, -0.1) is 0 Å². The smallest absolute Gasteiger partial charge is 0.449 e. The van der Waals surface area contributed by atoms with Gasteiger partial charge in [-0.2, -0.15) is 13.2 Å². The van der Waals surface area contributed by atoms with Crippen LogP contribution in [-0.4, -0.2) is 12.8 Å². The van der Waals surface area contributed by atoms with E-state index in [0.29, 0.717) is 6.42 Å². The van der Waals surface area contributed by atoms with Gasteiger partial charge in [0, 0.05) is 6.07 Å². The maximum absolute atomic E-state index is 13.8. The molecule has 0 atom stereocenters. The summed E-state index contributed by atoms with van der Waals surface area (Å²) in [5, 5.41) is 1.42. The monoisotopic (exact) mass is 472 g/mol. The molecule has 34 heavy (non-hydrogen) atoms. The zero-order chi connectivity index (χ0) is 24.3. The molecule has 4 rings (SSSR count). The van der Waals surface area contributed by atoms with Crippen molar-refractivity contribution in [3.63, 3.8) is 0 Å². The van der Waals surface area contributed by atoms with Crippen molar-refractivity contribution >= 4 is 27.9 Å². The largest absolute Gasteiger partial charge is 0.513 e. The van der Waals surface area contributed by atoms with E-state index in [1.54, 1.807) is 18.2 Å². The number of fused-ring (bicyclic) bond motifs is 2. The second kappa shape index (κ2) is 9.46. The number of rotatable bonds is 6. The van der Waals surface area contributed by atoms with Crippen LogP contribution in [0.25, 0.3) is 21.7 Å². The number of alkyl halides is 3. The molecule has 0 spiro atoms. The van der Waals surface area contributed by atoms with Crippen LogP contribution in [0.4, 0.5) is 18.0 Å². The lowest BCUT2D eigenvalue weighted by Crippen LogP contribution is -2.16. The van der Waals surface area contributed by atoms with Crippen LogP contribution in [0.15, 0.2) is 69.9 Å². The Balaban J connectivity index is 1.72. The molecule has 0 fully saturated rings. The number of benzene rings is 3. The summed E-state index contributed by atoms with van der Waals surface area (Å²) in [5.41, 5.74) is -1.43. The quantitative estimate of drug-likeness (QED) is 0.170. The zero-order valence-electron chi connectivity index (χ0n) is 18.0. The van der Waals surface area contributed by atoms with Gasteiger partial charge in [0.2, 0.25) is 11.2 Å². The Labute approximate surface area is 191 Å². The first-order valence-electron chi connectivity index (χ1n) is 10.5. The Bertz CT molecular complexity index is 1410. The van der Waals surface area contributed by atoms with Crippen LogP contribution >= 0.6 is 0 Å². The summed E-state index contributed by atoms with van der Waals surface area (Å²) >= 11 is 0. The van der Waals surface area contributed by atoms with Crippen molar-refractivity contribution in [1.82, 2.24) is 0 Å². The average molecular weight is 472 g/mol. The van der Waals surface area contributed by atoms with Gasteiger partial charge in [-0.05, 0) is 41.5 Å². The predicted octanol–water partition coefficient (Wildman–Crippen LogP) is 7.07. The second-order valence-corrected chi connectivity index (χ2v) is 7.41. The average Bonchev–Trinajstić information content (AvgIpc) is 2.80. The zero-order valence-corrected chi connectivity index (χ0v) is 18.0. The highest BCUT2D eigenvalue weighted by molar-refractivity contribution is 5.84. The van der Waals surface area contributed by atoms with Crippen molar-refractivity contribution in [2.24, 2.45) is 0 Å². The number of hydrogen-bond donors (Lipinski definition) is 0. The van der Waals surface area contributed by atoms with Gasteiger partial charge >= 0.3 is 12.3 Å². The summed E-state index contributed by atoms with van der Waals surface area (Å²) in [6.07, 6.45) is -4.59. The Morgan fingerprint density at radius 3 is 2.44 bits per heavy atom. The van der Waals surface area contributed by atoms with Crippen molar-refractivity contribution in [1.29, 1.82) is 0 Å². The first-order valence-corrected chi connectivity index (χ1v) is 10.5. The van der Waals surface area contributed by atoms with Crippen LogP contribution in [-0.2, 0) is 10.9 Å². The van der Waals surface area contributed by atoms with Crippen molar-refractivity contribution in [2.45, 2.75) is 25.9 Å². The highest BCUT2D eigenvalue weighted by Gasteiger charge is 2.40. The van der Waals surface area contributed by atoms with Gasteiger partial charge in [0.25, 0.3) is 5.76 Å². The Morgan fingerprint density at radius 2 is 1.71 bits per heavy atom. The molecular formula is C25H19F3O6. The van der Waals surface area contributed by atoms with Crippen LogP contribution in [0.3, 0.4) is 0 Å². The van der Waals surface area contributed by atoms with Crippen molar-refractivity contribution in [3.05, 3.63) is 76.6 Å². The van der Waals surface area contributed by atoms with Crippen LogP contribution in [0.1, 0.15) is 25.5 Å². The first-order chi connectivity index (χ1) is 16.3. The fourth-order valence-electron chi connectivity index (χ4n) is 3.27. The molecule has 0 saturated carbocycles. The number of carbonyl (C=O) groups is 1. The van der Waals surface area contributed by atoms with Gasteiger partial charge in [-0.1, -0.05) is 43.7 Å². The molecule has 9 heteroatoms. The predicted molar refractivity (Wildman–Crippen MR) is 118 cm³/mol. The van der Waals surface area contributed by atoms with Crippen molar-refractivity contribution < 1.29 is 36.6 Å². The number of unbranched alkanes of at least 4 members (excludes halogenated alkanes) is 1. The lowest BCUT2D eigenvalue weighted by atomic mass is 10.1. The van der Waals surface area contributed by atoms with E-state index >= 15 is 0 Å². The van der Waals surface area contributed by atoms with Gasteiger partial charge in [0.15, 0.2) is 0 Å². The third-order valence-corrected chi connectivity index (χ3v) is 4.94. The molecule has 0 unspecified atom stereocenters. The van der Waals surface area contributed by atoms with Gasteiger partial charge in [-0.3, -0.25) is 4.79 Å². The SMILES string of the molecule is CCCCOC(=O)Oc1ccc2c(=O)c(Oc3ccc4ccccc4c3)c(C(F)(F)F)oc2c1. The van der Waals surface area contributed by atoms with E-state index in [1.165, 1.54) is 24.3 Å². The maximum atomic E-state index is 13.8. The molecule has 0 amide bonds. The molecule has 0 radical (unpaired) electrons. The minimum atomic E-state index is -5.02. The lowest BCUT2D eigenvalue weighted by molar-refractivity contribution is -0.154. The fraction of sp³-hybridized carbons (Fsp3) is 0.200. The molecule has 0 bridgehead atoms. The van der Waals surface area contributed by atoms with Gasteiger partial charge in [-0.25, -0.2) is 4.79 Å². The summed E-state index contributed by atoms with van der Waals surface area (Å²) in [7, 11) is 0. The summed E-state index contributed by atoms with van der Waals surface area (Å²) < 4.78 is 61.6. The maximum Gasteiger partial charge on any atom is 0.513 e. The molecule has 176 valence electrons. The Hall–Kier alpha value is -4.01.